The van der Waals surface area contributed by atoms with Crippen molar-refractivity contribution in [3.05, 3.63) is 0 Å². The van der Waals surface area contributed by atoms with Crippen LogP contribution >= 0.6 is 0 Å². The molecule has 94 valence electrons. The van der Waals surface area contributed by atoms with Crippen molar-refractivity contribution in [1.29, 1.82) is 0 Å². The molecule has 0 amide bonds. The van der Waals surface area contributed by atoms with E-state index in [0.29, 0.717) is 0 Å². The Hall–Kier alpha value is -0.200. The van der Waals surface area contributed by atoms with Crippen LogP contribution in [0.5, 0.6) is 0 Å². The van der Waals surface area contributed by atoms with Crippen LogP contribution in [0.1, 0.15) is 20.8 Å². The fourth-order valence-corrected chi connectivity index (χ4v) is 2.39. The predicted molar refractivity (Wildman–Crippen MR) is 56.0 cm³/mol. The lowest BCUT2D eigenvalue weighted by Crippen LogP contribution is -2.56. The van der Waals surface area contributed by atoms with E-state index in [2.05, 4.69) is 0 Å². The molecule has 5 atom stereocenters. The van der Waals surface area contributed by atoms with Crippen molar-refractivity contribution in [2.24, 2.45) is 0 Å². The van der Waals surface area contributed by atoms with Gasteiger partial charge < -0.3 is 23.7 Å². The number of ether oxygens (including phenoxy) is 5. The van der Waals surface area contributed by atoms with Gasteiger partial charge in [0.05, 0.1) is 6.10 Å². The number of hydrogen-bond donors (Lipinski definition) is 0. The largest absolute Gasteiger partial charge is 0.373 e. The Balaban J connectivity index is 2.19. The van der Waals surface area contributed by atoms with Crippen molar-refractivity contribution in [2.75, 3.05) is 14.2 Å². The van der Waals surface area contributed by atoms with Crippen LogP contribution < -0.4 is 0 Å². The molecule has 0 aromatic heterocycles. The number of methoxy groups -OCH3 is 2. The van der Waals surface area contributed by atoms with Crippen molar-refractivity contribution in [1.82, 2.24) is 0 Å². The lowest BCUT2D eigenvalue weighted by molar-refractivity contribution is -0.271. The average Bonchev–Trinajstić information content (AvgIpc) is 2.54. The van der Waals surface area contributed by atoms with Gasteiger partial charge in [0.1, 0.15) is 18.3 Å². The number of hydrogen-bond acceptors (Lipinski definition) is 5. The maximum Gasteiger partial charge on any atom is 0.186 e. The molecule has 0 N–H and O–H groups in total. The smallest absolute Gasteiger partial charge is 0.186 e. The highest BCUT2D eigenvalue weighted by Gasteiger charge is 2.54. The van der Waals surface area contributed by atoms with Gasteiger partial charge in [-0.1, -0.05) is 0 Å². The van der Waals surface area contributed by atoms with Gasteiger partial charge >= 0.3 is 0 Å². The van der Waals surface area contributed by atoms with Crippen LogP contribution in [0.25, 0.3) is 0 Å². The van der Waals surface area contributed by atoms with Crippen molar-refractivity contribution < 1.29 is 23.7 Å². The van der Waals surface area contributed by atoms with Crippen LogP contribution in [0.3, 0.4) is 0 Å². The van der Waals surface area contributed by atoms with Gasteiger partial charge in [-0.3, -0.25) is 0 Å². The Kier molecular flexibility index (Phi) is 3.25. The average molecular weight is 232 g/mol. The van der Waals surface area contributed by atoms with Crippen molar-refractivity contribution in [3.8, 4) is 0 Å². The molecule has 2 saturated heterocycles. The quantitative estimate of drug-likeness (QED) is 0.708. The van der Waals surface area contributed by atoms with Crippen molar-refractivity contribution in [3.63, 3.8) is 0 Å². The van der Waals surface area contributed by atoms with E-state index in [9.17, 15) is 0 Å². The van der Waals surface area contributed by atoms with E-state index in [4.69, 9.17) is 23.7 Å². The summed E-state index contributed by atoms with van der Waals surface area (Å²) in [5, 5.41) is 0. The Morgan fingerprint density at radius 1 is 1.00 bits per heavy atom. The molecule has 0 bridgehead atoms. The predicted octanol–water partition coefficient (Wildman–Crippen LogP) is 0.913. The second-order valence-electron chi connectivity index (χ2n) is 4.71. The van der Waals surface area contributed by atoms with Crippen LogP contribution in [0, 0.1) is 0 Å². The molecule has 0 aliphatic carbocycles. The maximum absolute atomic E-state index is 5.85. The highest BCUT2D eigenvalue weighted by Crippen LogP contribution is 2.38. The summed E-state index contributed by atoms with van der Waals surface area (Å²) >= 11 is 0. The zero-order chi connectivity index (χ0) is 11.9. The van der Waals surface area contributed by atoms with Gasteiger partial charge in [0.25, 0.3) is 0 Å². The highest BCUT2D eigenvalue weighted by atomic mass is 16.8. The fraction of sp³-hybridized carbons (Fsp3) is 1.00. The number of rotatable bonds is 2. The molecule has 3 unspecified atom stereocenters. The molecule has 2 aliphatic heterocycles. The molecule has 16 heavy (non-hydrogen) atoms. The maximum atomic E-state index is 5.85. The SMILES string of the molecule is COC1C2OC(C)(C)O[C@H]2C(C)O[C@@H]1OC. The lowest BCUT2D eigenvalue weighted by atomic mass is 10.00. The van der Waals surface area contributed by atoms with Crippen LogP contribution in [-0.4, -0.2) is 50.7 Å². The van der Waals surface area contributed by atoms with Crippen LogP contribution in [-0.2, 0) is 23.7 Å². The van der Waals surface area contributed by atoms with Crippen molar-refractivity contribution in [2.45, 2.75) is 57.3 Å². The van der Waals surface area contributed by atoms with Crippen LogP contribution in [0.4, 0.5) is 0 Å². The molecule has 0 spiro atoms. The summed E-state index contributed by atoms with van der Waals surface area (Å²) in [6.45, 7) is 5.75. The van der Waals surface area contributed by atoms with Crippen LogP contribution in [0.15, 0.2) is 0 Å². The molecule has 5 heteroatoms. The van der Waals surface area contributed by atoms with Gasteiger partial charge in [-0.2, -0.15) is 0 Å². The standard InChI is InChI=1S/C11H20O5/c1-6-7-8(16-11(2,3)15-7)9(12-4)10(13-5)14-6/h6-10H,1-5H3/t6?,7-,8?,9?,10-/m0/s1. The molecular weight excluding hydrogens is 212 g/mol. The van der Waals surface area contributed by atoms with Gasteiger partial charge in [-0.05, 0) is 20.8 Å². The molecule has 2 fully saturated rings. The Labute approximate surface area is 95.9 Å². The van der Waals surface area contributed by atoms with Gasteiger partial charge in [-0.25, -0.2) is 0 Å². The summed E-state index contributed by atoms with van der Waals surface area (Å²) in [6, 6.07) is 0. The third kappa shape index (κ3) is 1.98. The summed E-state index contributed by atoms with van der Waals surface area (Å²) in [6.07, 6.45) is -0.977. The first-order chi connectivity index (χ1) is 7.48. The molecule has 0 aromatic rings. The molecule has 2 heterocycles. The van der Waals surface area contributed by atoms with E-state index in [0.717, 1.165) is 0 Å². The zero-order valence-corrected chi connectivity index (χ0v) is 10.4. The van der Waals surface area contributed by atoms with E-state index < -0.39 is 12.1 Å². The molecule has 0 aromatic carbocycles. The molecule has 0 radical (unpaired) electrons. The summed E-state index contributed by atoms with van der Waals surface area (Å²) < 4.78 is 28.0. The molecular formula is C11H20O5. The summed E-state index contributed by atoms with van der Waals surface area (Å²) in [4.78, 5) is 0. The Morgan fingerprint density at radius 2 is 1.62 bits per heavy atom. The van der Waals surface area contributed by atoms with E-state index in [1.807, 2.05) is 20.8 Å². The minimum Gasteiger partial charge on any atom is -0.373 e. The first-order valence-electron chi connectivity index (χ1n) is 5.55. The monoisotopic (exact) mass is 232 g/mol. The van der Waals surface area contributed by atoms with Crippen LogP contribution in [0.2, 0.25) is 0 Å². The minimum atomic E-state index is -0.591. The summed E-state index contributed by atoms with van der Waals surface area (Å²) in [7, 11) is 3.23. The van der Waals surface area contributed by atoms with Gasteiger partial charge in [0.15, 0.2) is 12.1 Å². The van der Waals surface area contributed by atoms with Gasteiger partial charge in [0.2, 0.25) is 0 Å². The Morgan fingerprint density at radius 3 is 2.19 bits per heavy atom. The molecule has 5 nitrogen and oxygen atoms in total. The third-order valence-corrected chi connectivity index (χ3v) is 3.07. The second-order valence-corrected chi connectivity index (χ2v) is 4.71. The van der Waals surface area contributed by atoms with E-state index >= 15 is 0 Å². The molecule has 0 saturated carbocycles. The lowest BCUT2D eigenvalue weighted by Gasteiger charge is -2.39. The topological polar surface area (TPSA) is 46.2 Å². The first kappa shape index (κ1) is 12.3. The van der Waals surface area contributed by atoms with Gasteiger partial charge in [0, 0.05) is 14.2 Å². The minimum absolute atomic E-state index is 0.0666. The normalized spacial score (nSPS) is 46.7. The van der Waals surface area contributed by atoms with Gasteiger partial charge in [-0.15, -0.1) is 0 Å². The van der Waals surface area contributed by atoms with E-state index in [-0.39, 0.29) is 24.4 Å². The Bertz CT molecular complexity index is 255. The summed E-state index contributed by atoms with van der Waals surface area (Å²) in [5.41, 5.74) is 0. The van der Waals surface area contributed by atoms with Crippen molar-refractivity contribution >= 4 is 0 Å². The molecule has 2 rings (SSSR count). The first-order valence-corrected chi connectivity index (χ1v) is 5.55. The fourth-order valence-electron chi connectivity index (χ4n) is 2.39. The zero-order valence-electron chi connectivity index (χ0n) is 10.4. The second kappa shape index (κ2) is 4.23. The number of fused-ring (bicyclic) bond motifs is 1. The molecule has 2 aliphatic rings. The van der Waals surface area contributed by atoms with E-state index in [1.54, 1.807) is 14.2 Å². The third-order valence-electron chi connectivity index (χ3n) is 3.07. The van der Waals surface area contributed by atoms with E-state index in [1.165, 1.54) is 0 Å². The highest BCUT2D eigenvalue weighted by molar-refractivity contribution is 4.95. The summed E-state index contributed by atoms with van der Waals surface area (Å²) in [5.74, 6) is -0.591.